The maximum atomic E-state index is 12.3. The lowest BCUT2D eigenvalue weighted by molar-refractivity contribution is -0.118. The Hall–Kier alpha value is -2.60. The Morgan fingerprint density at radius 2 is 1.96 bits per heavy atom. The normalized spacial score (nSPS) is 11.7. The predicted molar refractivity (Wildman–Crippen MR) is 104 cm³/mol. The lowest BCUT2D eigenvalue weighted by atomic mass is 10.2. The number of carbonyl (C=O) groups is 1. The fraction of sp³-hybridized carbons (Fsp3) is 0.300. The molecule has 0 fully saturated rings. The van der Waals surface area contributed by atoms with Gasteiger partial charge in [0.25, 0.3) is 5.91 Å². The number of aryl methyl sites for hydroxylation is 2. The molecule has 5 nitrogen and oxygen atoms in total. The number of para-hydroxylation sites is 1. The van der Waals surface area contributed by atoms with Gasteiger partial charge in [0.05, 0.1) is 24.8 Å². The Labute approximate surface area is 156 Å². The van der Waals surface area contributed by atoms with Gasteiger partial charge in [-0.15, -0.1) is 0 Å². The topological polar surface area (TPSA) is 52.8 Å². The summed E-state index contributed by atoms with van der Waals surface area (Å²) in [6.07, 6.45) is 0.239. The maximum Gasteiger partial charge on any atom is 0.251 e. The van der Waals surface area contributed by atoms with Crippen molar-refractivity contribution >= 4 is 27.5 Å². The number of rotatable bonds is 6. The molecule has 2 aromatic carbocycles. The molecule has 0 aliphatic carbocycles. The summed E-state index contributed by atoms with van der Waals surface area (Å²) >= 11 is 1.52. The number of carbonyl (C=O) groups excluding carboxylic acids is 1. The first-order valence-corrected chi connectivity index (χ1v) is 9.38. The van der Waals surface area contributed by atoms with Crippen molar-refractivity contribution in [2.24, 2.45) is 4.99 Å². The third-order valence-electron chi connectivity index (χ3n) is 4.07. The zero-order valence-electron chi connectivity index (χ0n) is 15.2. The second-order valence-corrected chi connectivity index (χ2v) is 6.79. The lowest BCUT2D eigenvalue weighted by Gasteiger charge is -2.07. The average molecular weight is 370 g/mol. The van der Waals surface area contributed by atoms with E-state index in [-0.39, 0.29) is 12.3 Å². The van der Waals surface area contributed by atoms with E-state index >= 15 is 0 Å². The standard InChI is InChI=1S/C20H22N2O3S/c1-4-22-18-16(24-3)11-10-14(2)19(18)26-20(22)21-17(23)12-13-25-15-8-6-5-7-9-15/h5-11H,4,12-13H2,1-3H3. The predicted octanol–water partition coefficient (Wildman–Crippen LogP) is 3.94. The molecule has 0 spiro atoms. The van der Waals surface area contributed by atoms with Crippen LogP contribution < -0.4 is 14.3 Å². The molecule has 3 aromatic rings. The Morgan fingerprint density at radius 1 is 1.19 bits per heavy atom. The summed E-state index contributed by atoms with van der Waals surface area (Å²) in [5.74, 6) is 1.36. The van der Waals surface area contributed by atoms with Gasteiger partial charge in [-0.05, 0) is 37.6 Å². The van der Waals surface area contributed by atoms with Crippen LogP contribution in [0.3, 0.4) is 0 Å². The Morgan fingerprint density at radius 3 is 2.65 bits per heavy atom. The first-order valence-electron chi connectivity index (χ1n) is 8.56. The van der Waals surface area contributed by atoms with Crippen LogP contribution >= 0.6 is 11.3 Å². The molecule has 26 heavy (non-hydrogen) atoms. The van der Waals surface area contributed by atoms with Crippen LogP contribution in [0.15, 0.2) is 47.5 Å². The molecule has 0 radical (unpaired) electrons. The molecule has 0 saturated heterocycles. The highest BCUT2D eigenvalue weighted by Crippen LogP contribution is 2.30. The molecule has 136 valence electrons. The number of fused-ring (bicyclic) bond motifs is 1. The molecule has 0 aliphatic heterocycles. The largest absolute Gasteiger partial charge is 0.495 e. The van der Waals surface area contributed by atoms with Crippen LogP contribution in [0.1, 0.15) is 18.9 Å². The van der Waals surface area contributed by atoms with Crippen LogP contribution in [0.2, 0.25) is 0 Å². The van der Waals surface area contributed by atoms with E-state index in [2.05, 4.69) is 11.9 Å². The van der Waals surface area contributed by atoms with Gasteiger partial charge in [-0.3, -0.25) is 4.79 Å². The van der Waals surface area contributed by atoms with Crippen molar-refractivity contribution in [3.8, 4) is 11.5 Å². The molecule has 0 atom stereocenters. The minimum absolute atomic E-state index is 0.189. The fourth-order valence-electron chi connectivity index (χ4n) is 2.76. The molecule has 0 aliphatic rings. The molecular weight excluding hydrogens is 348 g/mol. The highest BCUT2D eigenvalue weighted by Gasteiger charge is 2.13. The van der Waals surface area contributed by atoms with Crippen LogP contribution in [0.25, 0.3) is 10.2 Å². The van der Waals surface area contributed by atoms with Crippen LogP contribution in [-0.4, -0.2) is 24.2 Å². The van der Waals surface area contributed by atoms with E-state index in [9.17, 15) is 4.79 Å². The van der Waals surface area contributed by atoms with Crippen molar-refractivity contribution in [2.75, 3.05) is 13.7 Å². The number of amides is 1. The van der Waals surface area contributed by atoms with E-state index in [0.29, 0.717) is 18.0 Å². The second kappa shape index (κ2) is 8.19. The number of thiazole rings is 1. The molecule has 0 bridgehead atoms. The molecule has 1 aromatic heterocycles. The highest BCUT2D eigenvalue weighted by molar-refractivity contribution is 7.16. The van der Waals surface area contributed by atoms with Crippen molar-refractivity contribution < 1.29 is 14.3 Å². The first kappa shape index (κ1) is 18.2. The third kappa shape index (κ3) is 3.80. The molecule has 1 amide bonds. The van der Waals surface area contributed by atoms with Crippen molar-refractivity contribution in [1.29, 1.82) is 0 Å². The minimum Gasteiger partial charge on any atom is -0.495 e. The number of aromatic nitrogens is 1. The molecule has 0 N–H and O–H groups in total. The van der Waals surface area contributed by atoms with E-state index in [4.69, 9.17) is 9.47 Å². The van der Waals surface area contributed by atoms with E-state index < -0.39 is 0 Å². The number of hydrogen-bond donors (Lipinski definition) is 0. The van der Waals surface area contributed by atoms with Crippen LogP contribution in [0, 0.1) is 6.92 Å². The van der Waals surface area contributed by atoms with E-state index in [1.165, 1.54) is 11.3 Å². The van der Waals surface area contributed by atoms with Gasteiger partial charge >= 0.3 is 0 Å². The van der Waals surface area contributed by atoms with Crippen molar-refractivity contribution in [2.45, 2.75) is 26.8 Å². The maximum absolute atomic E-state index is 12.3. The zero-order chi connectivity index (χ0) is 18.5. The van der Waals surface area contributed by atoms with Crippen molar-refractivity contribution in [3.05, 3.63) is 52.8 Å². The highest BCUT2D eigenvalue weighted by atomic mass is 32.1. The van der Waals surface area contributed by atoms with E-state index in [0.717, 1.165) is 27.3 Å². The lowest BCUT2D eigenvalue weighted by Crippen LogP contribution is -2.17. The van der Waals surface area contributed by atoms with E-state index in [1.807, 2.05) is 54.0 Å². The van der Waals surface area contributed by atoms with Gasteiger partial charge in [-0.25, -0.2) is 0 Å². The Balaban J connectivity index is 1.84. The average Bonchev–Trinajstić information content (AvgIpc) is 3.02. The fourth-order valence-corrected chi connectivity index (χ4v) is 3.95. The van der Waals surface area contributed by atoms with Gasteiger partial charge < -0.3 is 14.0 Å². The molecule has 1 heterocycles. The number of methoxy groups -OCH3 is 1. The third-order valence-corrected chi connectivity index (χ3v) is 5.28. The quantitative estimate of drug-likeness (QED) is 0.660. The first-order chi connectivity index (χ1) is 12.6. The SMILES string of the molecule is CCn1c(=NC(=O)CCOc2ccccc2)sc2c(C)ccc(OC)c21. The van der Waals surface area contributed by atoms with Crippen molar-refractivity contribution in [1.82, 2.24) is 4.57 Å². The van der Waals surface area contributed by atoms with Crippen LogP contribution in [0.4, 0.5) is 0 Å². The number of hydrogen-bond acceptors (Lipinski definition) is 4. The van der Waals surface area contributed by atoms with Gasteiger partial charge in [0.2, 0.25) is 0 Å². The summed E-state index contributed by atoms with van der Waals surface area (Å²) in [5, 5.41) is 0. The van der Waals surface area contributed by atoms with Gasteiger partial charge in [-0.1, -0.05) is 35.6 Å². The Kier molecular flexibility index (Phi) is 5.73. The van der Waals surface area contributed by atoms with Gasteiger partial charge in [0.15, 0.2) is 4.80 Å². The van der Waals surface area contributed by atoms with Crippen molar-refractivity contribution in [3.63, 3.8) is 0 Å². The molecule has 0 unspecified atom stereocenters. The van der Waals surface area contributed by atoms with Gasteiger partial charge in [0, 0.05) is 6.54 Å². The number of benzene rings is 2. The summed E-state index contributed by atoms with van der Waals surface area (Å²) in [6.45, 7) is 5.12. The Bertz CT molecular complexity index is 974. The summed E-state index contributed by atoms with van der Waals surface area (Å²) in [7, 11) is 1.66. The minimum atomic E-state index is -0.189. The zero-order valence-corrected chi connectivity index (χ0v) is 16.0. The van der Waals surface area contributed by atoms with E-state index in [1.54, 1.807) is 7.11 Å². The second-order valence-electron chi connectivity index (χ2n) is 5.81. The summed E-state index contributed by atoms with van der Waals surface area (Å²) < 4.78 is 14.2. The molecule has 0 saturated carbocycles. The number of ether oxygens (including phenoxy) is 2. The molecule has 3 rings (SSSR count). The summed E-state index contributed by atoms with van der Waals surface area (Å²) in [6, 6.07) is 13.4. The molecule has 6 heteroatoms. The smallest absolute Gasteiger partial charge is 0.251 e. The van der Waals surface area contributed by atoms with Crippen LogP contribution in [-0.2, 0) is 11.3 Å². The molecular formula is C20H22N2O3S. The monoisotopic (exact) mass is 370 g/mol. The summed E-state index contributed by atoms with van der Waals surface area (Å²) in [5.41, 5.74) is 2.14. The van der Waals surface area contributed by atoms with Gasteiger partial charge in [-0.2, -0.15) is 4.99 Å². The number of nitrogens with zero attached hydrogens (tertiary/aromatic N) is 2. The van der Waals surface area contributed by atoms with Crippen LogP contribution in [0.5, 0.6) is 11.5 Å². The van der Waals surface area contributed by atoms with Gasteiger partial charge in [0.1, 0.15) is 17.0 Å². The summed E-state index contributed by atoms with van der Waals surface area (Å²) in [4.78, 5) is 17.3.